The van der Waals surface area contributed by atoms with Crippen LogP contribution >= 0.6 is 12.4 Å². The highest BCUT2D eigenvalue weighted by molar-refractivity contribution is 5.85. The van der Waals surface area contributed by atoms with Crippen molar-refractivity contribution in [2.75, 3.05) is 20.1 Å². The Morgan fingerprint density at radius 2 is 1.81 bits per heavy atom. The number of carbonyl (C=O) groups is 1. The highest BCUT2D eigenvalue weighted by Crippen LogP contribution is 2.20. The minimum atomic E-state index is -0.383. The summed E-state index contributed by atoms with van der Waals surface area (Å²) in [5.41, 5.74) is 1.15. The summed E-state index contributed by atoms with van der Waals surface area (Å²) in [7, 11) is 1.84. The van der Waals surface area contributed by atoms with Gasteiger partial charge in [0.25, 0.3) is 0 Å². The van der Waals surface area contributed by atoms with Gasteiger partial charge in [0, 0.05) is 24.9 Å². The molecule has 1 aromatic rings. The second-order valence-electron chi connectivity index (χ2n) is 5.40. The van der Waals surface area contributed by atoms with E-state index >= 15 is 0 Å². The molecule has 0 aliphatic rings. The van der Waals surface area contributed by atoms with Gasteiger partial charge >= 0.3 is 0 Å². The maximum atomic E-state index is 11.9. The van der Waals surface area contributed by atoms with Crippen molar-refractivity contribution in [3.05, 3.63) is 35.9 Å². The predicted molar refractivity (Wildman–Crippen MR) is 88.8 cm³/mol. The zero-order chi connectivity index (χ0) is 15.0. The summed E-state index contributed by atoms with van der Waals surface area (Å²) in [4.78, 5) is 11.9. The number of rotatable bonds is 8. The highest BCUT2D eigenvalue weighted by atomic mass is 35.5. The van der Waals surface area contributed by atoms with E-state index in [0.717, 1.165) is 5.56 Å². The lowest BCUT2D eigenvalue weighted by Gasteiger charge is -2.21. The van der Waals surface area contributed by atoms with Gasteiger partial charge in [-0.05, 0) is 26.0 Å². The van der Waals surface area contributed by atoms with Gasteiger partial charge < -0.3 is 15.7 Å². The Kier molecular flexibility index (Phi) is 10.0. The second-order valence-corrected chi connectivity index (χ2v) is 5.40. The summed E-state index contributed by atoms with van der Waals surface area (Å²) in [6.07, 6.45) is 0.261. The number of nitrogens with one attached hydrogen (secondary N) is 2. The molecule has 5 heteroatoms. The van der Waals surface area contributed by atoms with Crippen LogP contribution in [-0.4, -0.2) is 37.3 Å². The average molecular weight is 315 g/mol. The van der Waals surface area contributed by atoms with Crippen molar-refractivity contribution >= 4 is 18.3 Å². The fourth-order valence-corrected chi connectivity index (χ4v) is 2.27. The molecule has 1 rings (SSSR count). The van der Waals surface area contributed by atoms with Gasteiger partial charge in [-0.3, -0.25) is 4.79 Å². The molecule has 3 N–H and O–H groups in total. The molecule has 0 aliphatic carbocycles. The molecule has 0 saturated heterocycles. The molecule has 0 spiro atoms. The van der Waals surface area contributed by atoms with Gasteiger partial charge in [0.15, 0.2) is 0 Å². The zero-order valence-electron chi connectivity index (χ0n) is 13.0. The van der Waals surface area contributed by atoms with E-state index in [9.17, 15) is 9.90 Å². The number of carbonyl (C=O) groups excluding carboxylic acids is 1. The topological polar surface area (TPSA) is 61.4 Å². The van der Waals surface area contributed by atoms with Crippen LogP contribution in [0.15, 0.2) is 30.3 Å². The molecule has 0 heterocycles. The van der Waals surface area contributed by atoms with Gasteiger partial charge in [-0.2, -0.15) is 0 Å². The fourth-order valence-electron chi connectivity index (χ4n) is 2.27. The van der Waals surface area contributed by atoms with Crippen LogP contribution in [0.1, 0.15) is 31.7 Å². The first-order valence-corrected chi connectivity index (χ1v) is 7.20. The van der Waals surface area contributed by atoms with E-state index < -0.39 is 0 Å². The highest BCUT2D eigenvalue weighted by Gasteiger charge is 2.17. The Morgan fingerprint density at radius 1 is 1.19 bits per heavy atom. The van der Waals surface area contributed by atoms with Gasteiger partial charge in [0.2, 0.25) is 5.91 Å². The smallest absolute Gasteiger partial charge is 0.224 e. The van der Waals surface area contributed by atoms with Crippen LogP contribution < -0.4 is 10.6 Å². The molecule has 0 radical (unpaired) electrons. The molecular formula is C16H27ClN2O2. The third-order valence-electron chi connectivity index (χ3n) is 3.38. The lowest BCUT2D eigenvalue weighted by molar-refractivity contribution is -0.124. The molecule has 0 saturated carbocycles. The van der Waals surface area contributed by atoms with E-state index in [1.54, 1.807) is 6.92 Å². The van der Waals surface area contributed by atoms with Gasteiger partial charge in [-0.25, -0.2) is 0 Å². The molecule has 0 fully saturated rings. The van der Waals surface area contributed by atoms with E-state index in [0.29, 0.717) is 19.5 Å². The van der Waals surface area contributed by atoms with Crippen molar-refractivity contribution < 1.29 is 9.90 Å². The quantitative estimate of drug-likeness (QED) is 0.687. The van der Waals surface area contributed by atoms with Crippen molar-refractivity contribution in [3.63, 3.8) is 0 Å². The number of hydrogen-bond donors (Lipinski definition) is 3. The first-order valence-electron chi connectivity index (χ1n) is 7.20. The SMILES string of the molecule is CNCC(C)C(=O)NCC(CC(C)O)c1ccccc1.Cl. The van der Waals surface area contributed by atoms with Crippen molar-refractivity contribution in [2.45, 2.75) is 32.3 Å². The van der Waals surface area contributed by atoms with Crippen molar-refractivity contribution in [1.82, 2.24) is 10.6 Å². The van der Waals surface area contributed by atoms with Crippen LogP contribution in [0.2, 0.25) is 0 Å². The van der Waals surface area contributed by atoms with Gasteiger partial charge in [-0.1, -0.05) is 37.3 Å². The summed E-state index contributed by atoms with van der Waals surface area (Å²) in [6.45, 7) is 4.90. The Morgan fingerprint density at radius 3 is 2.33 bits per heavy atom. The average Bonchev–Trinajstić information content (AvgIpc) is 2.44. The molecule has 0 bridgehead atoms. The number of hydrogen-bond acceptors (Lipinski definition) is 3. The summed E-state index contributed by atoms with van der Waals surface area (Å²) in [5, 5.41) is 15.6. The molecule has 1 aromatic carbocycles. The lowest BCUT2D eigenvalue weighted by atomic mass is 9.93. The first kappa shape index (κ1) is 19.9. The van der Waals surface area contributed by atoms with Crippen molar-refractivity contribution in [1.29, 1.82) is 0 Å². The van der Waals surface area contributed by atoms with E-state index in [2.05, 4.69) is 10.6 Å². The number of amides is 1. The summed E-state index contributed by atoms with van der Waals surface area (Å²) < 4.78 is 0. The second kappa shape index (κ2) is 10.6. The maximum absolute atomic E-state index is 11.9. The number of halogens is 1. The Bertz CT molecular complexity index is 399. The molecular weight excluding hydrogens is 288 g/mol. The first-order chi connectivity index (χ1) is 9.54. The van der Waals surface area contributed by atoms with Crippen LogP contribution in [0.4, 0.5) is 0 Å². The van der Waals surface area contributed by atoms with Crippen LogP contribution in [0, 0.1) is 5.92 Å². The van der Waals surface area contributed by atoms with Crippen molar-refractivity contribution in [2.24, 2.45) is 5.92 Å². The standard InChI is InChI=1S/C16H26N2O2.ClH/c1-12(10-17-3)16(20)18-11-15(9-13(2)19)14-7-5-4-6-8-14;/h4-8,12-13,15,17,19H,9-11H2,1-3H3,(H,18,20);1H. The molecule has 4 nitrogen and oxygen atoms in total. The molecule has 0 aromatic heterocycles. The molecule has 3 unspecified atom stereocenters. The van der Waals surface area contributed by atoms with Crippen LogP contribution in [0.5, 0.6) is 0 Å². The summed E-state index contributed by atoms with van der Waals surface area (Å²) in [6, 6.07) is 10.0. The van der Waals surface area contributed by atoms with Crippen LogP contribution in [0.25, 0.3) is 0 Å². The molecule has 120 valence electrons. The molecule has 0 aliphatic heterocycles. The Labute approximate surface area is 133 Å². The van der Waals surface area contributed by atoms with Gasteiger partial charge in [0.1, 0.15) is 0 Å². The minimum Gasteiger partial charge on any atom is -0.393 e. The van der Waals surface area contributed by atoms with E-state index in [1.165, 1.54) is 0 Å². The number of benzene rings is 1. The lowest BCUT2D eigenvalue weighted by Crippen LogP contribution is -2.37. The Hall–Kier alpha value is -1.10. The summed E-state index contributed by atoms with van der Waals surface area (Å²) in [5.74, 6) is 0.135. The van der Waals surface area contributed by atoms with E-state index in [4.69, 9.17) is 0 Å². The van der Waals surface area contributed by atoms with E-state index in [-0.39, 0.29) is 36.3 Å². The fraction of sp³-hybridized carbons (Fsp3) is 0.562. The van der Waals surface area contributed by atoms with Crippen molar-refractivity contribution in [3.8, 4) is 0 Å². The zero-order valence-corrected chi connectivity index (χ0v) is 13.8. The van der Waals surface area contributed by atoms with Gasteiger partial charge in [-0.15, -0.1) is 12.4 Å². The number of aliphatic hydroxyl groups is 1. The molecule has 1 amide bonds. The number of aliphatic hydroxyl groups excluding tert-OH is 1. The third kappa shape index (κ3) is 7.46. The van der Waals surface area contributed by atoms with E-state index in [1.807, 2.05) is 44.3 Å². The largest absolute Gasteiger partial charge is 0.393 e. The van der Waals surface area contributed by atoms with Gasteiger partial charge in [0.05, 0.1) is 6.10 Å². The predicted octanol–water partition coefficient (Wildman–Crippen LogP) is 1.93. The normalized spacial score (nSPS) is 14.7. The Balaban J connectivity index is 0.00000400. The molecule has 21 heavy (non-hydrogen) atoms. The third-order valence-corrected chi connectivity index (χ3v) is 3.38. The maximum Gasteiger partial charge on any atom is 0.224 e. The monoisotopic (exact) mass is 314 g/mol. The van der Waals surface area contributed by atoms with Crippen LogP contribution in [-0.2, 0) is 4.79 Å². The molecule has 3 atom stereocenters. The summed E-state index contributed by atoms with van der Waals surface area (Å²) >= 11 is 0. The minimum absolute atomic E-state index is 0. The van der Waals surface area contributed by atoms with Crippen LogP contribution in [0.3, 0.4) is 0 Å².